The highest BCUT2D eigenvalue weighted by molar-refractivity contribution is 6.14. The molecule has 1 aliphatic heterocycles. The van der Waals surface area contributed by atoms with Crippen molar-refractivity contribution in [1.29, 1.82) is 0 Å². The van der Waals surface area contributed by atoms with Crippen LogP contribution in [-0.4, -0.2) is 54.8 Å². The molecule has 1 aliphatic rings. The Bertz CT molecular complexity index is 1330. The lowest BCUT2D eigenvalue weighted by atomic mass is 9.94. The molecule has 2 aromatic carbocycles. The number of fused-ring (bicyclic) bond motifs is 1. The number of hydrogen-bond donors (Lipinski definition) is 2. The second-order valence-electron chi connectivity index (χ2n) is 9.01. The van der Waals surface area contributed by atoms with Gasteiger partial charge in [-0.25, -0.2) is 9.80 Å². The Morgan fingerprint density at radius 2 is 1.76 bits per heavy atom. The van der Waals surface area contributed by atoms with E-state index in [0.29, 0.717) is 29.2 Å². The number of aromatic nitrogens is 1. The van der Waals surface area contributed by atoms with Gasteiger partial charge < -0.3 is 24.7 Å². The molecule has 202 valence electrons. The largest absolute Gasteiger partial charge is 0.493 e. The van der Waals surface area contributed by atoms with Crippen LogP contribution < -0.4 is 20.1 Å². The van der Waals surface area contributed by atoms with Crippen molar-refractivity contribution in [3.63, 3.8) is 0 Å². The number of benzene rings is 2. The van der Waals surface area contributed by atoms with Gasteiger partial charge >= 0.3 is 12.2 Å². The number of nitrogens with one attached hydrogen (secondary N) is 2. The molecule has 0 saturated carbocycles. The summed E-state index contributed by atoms with van der Waals surface area (Å²) in [5, 5.41) is 11.3. The number of methoxy groups -OCH3 is 2. The molecular weight excluding hydrogens is 499 g/mol. The zero-order chi connectivity index (χ0) is 27.6. The van der Waals surface area contributed by atoms with Gasteiger partial charge in [-0.2, -0.15) is 18.3 Å². The van der Waals surface area contributed by atoms with Crippen LogP contribution in [-0.2, 0) is 13.5 Å². The number of halogens is 3. The summed E-state index contributed by atoms with van der Waals surface area (Å²) in [5.74, 6) is 1.04. The number of urea groups is 1. The van der Waals surface area contributed by atoms with Gasteiger partial charge in [0.1, 0.15) is 0 Å². The maximum Gasteiger partial charge on any atom is 0.414 e. The fraction of sp³-hybridized carbons (Fsp3) is 0.333. The molecule has 4 rings (SSSR count). The molecule has 0 saturated heterocycles. The minimum absolute atomic E-state index is 0.0971. The Morgan fingerprint density at radius 1 is 1.11 bits per heavy atom. The summed E-state index contributed by atoms with van der Waals surface area (Å²) in [5.41, 5.74) is 3.11. The Morgan fingerprint density at radius 3 is 2.32 bits per heavy atom. The van der Waals surface area contributed by atoms with Crippen LogP contribution in [0, 0.1) is 0 Å². The van der Waals surface area contributed by atoms with Gasteiger partial charge in [0.05, 0.1) is 26.0 Å². The lowest BCUT2D eigenvalue weighted by Gasteiger charge is -2.24. The van der Waals surface area contributed by atoms with Crippen LogP contribution in [0.4, 0.5) is 23.7 Å². The second kappa shape index (κ2) is 10.7. The van der Waals surface area contributed by atoms with Crippen molar-refractivity contribution in [1.82, 2.24) is 14.9 Å². The number of rotatable bonds is 6. The minimum atomic E-state index is -4.51. The lowest BCUT2D eigenvalue weighted by molar-refractivity contribution is -0.145. The van der Waals surface area contributed by atoms with Gasteiger partial charge in [0.2, 0.25) is 0 Å². The fourth-order valence-corrected chi connectivity index (χ4v) is 4.54. The lowest BCUT2D eigenvalue weighted by Crippen LogP contribution is -2.41. The van der Waals surface area contributed by atoms with Crippen LogP contribution in [0.5, 0.6) is 11.5 Å². The average molecular weight is 530 g/mol. The molecule has 2 atom stereocenters. The van der Waals surface area contributed by atoms with E-state index in [1.807, 2.05) is 13.0 Å². The van der Waals surface area contributed by atoms with E-state index in [2.05, 4.69) is 15.7 Å². The number of anilines is 1. The standard InChI is InChI=1S/C27H30F3N5O3/c1-16-13-18-14-22(37-4)23(38-5)15-20(18)24(33-35(16)26(36)31-2)17-8-10-19(11-9-17)32-25(27(28,29)30)21-7-6-12-34(21)3/h6-12,14-16,25,32H,13H2,1-5H3,(H,31,36). The molecule has 3 aromatic rings. The van der Waals surface area contributed by atoms with Gasteiger partial charge in [-0.15, -0.1) is 0 Å². The number of alkyl halides is 3. The van der Waals surface area contributed by atoms with E-state index in [-0.39, 0.29) is 23.5 Å². The molecule has 0 fully saturated rings. The van der Waals surface area contributed by atoms with Crippen molar-refractivity contribution >= 4 is 17.4 Å². The third-order valence-corrected chi connectivity index (χ3v) is 6.50. The third kappa shape index (κ3) is 5.27. The molecule has 2 unspecified atom stereocenters. The zero-order valence-corrected chi connectivity index (χ0v) is 21.8. The van der Waals surface area contributed by atoms with Crippen molar-refractivity contribution in [3.8, 4) is 11.5 Å². The maximum absolute atomic E-state index is 13.9. The van der Waals surface area contributed by atoms with Crippen molar-refractivity contribution in [2.45, 2.75) is 31.6 Å². The first-order chi connectivity index (χ1) is 18.1. The molecule has 0 radical (unpaired) electrons. The zero-order valence-electron chi connectivity index (χ0n) is 21.8. The number of hydrazone groups is 1. The first-order valence-corrected chi connectivity index (χ1v) is 12.0. The molecule has 38 heavy (non-hydrogen) atoms. The van der Waals surface area contributed by atoms with E-state index >= 15 is 0 Å². The first kappa shape index (κ1) is 26.9. The summed E-state index contributed by atoms with van der Waals surface area (Å²) in [6.07, 6.45) is -2.43. The normalized spacial score (nSPS) is 16.2. The summed E-state index contributed by atoms with van der Waals surface area (Å²) < 4.78 is 54.1. The molecule has 0 aliphatic carbocycles. The van der Waals surface area contributed by atoms with E-state index in [0.717, 1.165) is 11.1 Å². The number of nitrogens with zero attached hydrogens (tertiary/aromatic N) is 3. The van der Waals surface area contributed by atoms with Crippen molar-refractivity contribution < 1.29 is 27.4 Å². The smallest absolute Gasteiger partial charge is 0.414 e. The van der Waals surface area contributed by atoms with Gasteiger partial charge in [-0.3, -0.25) is 0 Å². The van der Waals surface area contributed by atoms with Crippen LogP contribution >= 0.6 is 0 Å². The van der Waals surface area contributed by atoms with Gasteiger partial charge in [0.25, 0.3) is 0 Å². The predicted molar refractivity (Wildman–Crippen MR) is 139 cm³/mol. The molecule has 0 bridgehead atoms. The van der Waals surface area contributed by atoms with E-state index in [1.54, 1.807) is 56.8 Å². The third-order valence-electron chi connectivity index (χ3n) is 6.50. The SMILES string of the molecule is CNC(=O)N1N=C(c2ccc(NC(c3cccn3C)C(F)(F)F)cc2)c2cc(OC)c(OC)cc2CC1C. The molecule has 1 aromatic heterocycles. The second-order valence-corrected chi connectivity index (χ2v) is 9.01. The van der Waals surface area contributed by atoms with Crippen LogP contribution in [0.2, 0.25) is 0 Å². The Kier molecular flexibility index (Phi) is 7.56. The van der Waals surface area contributed by atoms with Crippen LogP contribution in [0.15, 0.2) is 59.8 Å². The Labute approximate surface area is 219 Å². The summed E-state index contributed by atoms with van der Waals surface area (Å²) >= 11 is 0. The van der Waals surface area contributed by atoms with Gasteiger partial charge in [-0.1, -0.05) is 12.1 Å². The number of carbonyl (C=O) groups is 1. The predicted octanol–water partition coefficient (Wildman–Crippen LogP) is 5.10. The molecule has 0 spiro atoms. The fourth-order valence-electron chi connectivity index (χ4n) is 4.54. The highest BCUT2D eigenvalue weighted by Crippen LogP contribution is 2.37. The molecule has 2 heterocycles. The first-order valence-electron chi connectivity index (χ1n) is 12.0. The monoisotopic (exact) mass is 529 g/mol. The number of amides is 2. The van der Waals surface area contributed by atoms with Crippen LogP contribution in [0.1, 0.15) is 35.3 Å². The quantitative estimate of drug-likeness (QED) is 0.466. The Balaban J connectivity index is 1.76. The number of carbonyl (C=O) groups excluding carboxylic acids is 1. The van der Waals surface area contributed by atoms with E-state index in [4.69, 9.17) is 9.47 Å². The maximum atomic E-state index is 13.9. The summed E-state index contributed by atoms with van der Waals surface area (Å²) in [4.78, 5) is 12.7. The summed E-state index contributed by atoms with van der Waals surface area (Å²) in [6.45, 7) is 1.88. The van der Waals surface area contributed by atoms with Gasteiger partial charge in [0.15, 0.2) is 17.5 Å². The van der Waals surface area contributed by atoms with Crippen molar-refractivity contribution in [2.24, 2.45) is 12.1 Å². The molecule has 2 amide bonds. The molecule has 8 nitrogen and oxygen atoms in total. The summed E-state index contributed by atoms with van der Waals surface area (Å²) in [6, 6.07) is 10.6. The van der Waals surface area contributed by atoms with Crippen molar-refractivity contribution in [3.05, 3.63) is 77.1 Å². The van der Waals surface area contributed by atoms with Gasteiger partial charge in [0, 0.05) is 42.8 Å². The van der Waals surface area contributed by atoms with E-state index in [9.17, 15) is 18.0 Å². The van der Waals surface area contributed by atoms with E-state index < -0.39 is 12.2 Å². The number of hydrogen-bond acceptors (Lipinski definition) is 5. The minimum Gasteiger partial charge on any atom is -0.493 e. The number of ether oxygens (including phenoxy) is 2. The molecular formula is C27H30F3N5O3. The molecule has 11 heteroatoms. The number of aryl methyl sites for hydroxylation is 1. The highest BCUT2D eigenvalue weighted by atomic mass is 19.4. The summed E-state index contributed by atoms with van der Waals surface area (Å²) in [7, 11) is 6.18. The topological polar surface area (TPSA) is 80.1 Å². The van der Waals surface area contributed by atoms with Crippen LogP contribution in [0.3, 0.4) is 0 Å². The van der Waals surface area contributed by atoms with Gasteiger partial charge in [-0.05, 0) is 55.3 Å². The van der Waals surface area contributed by atoms with Crippen LogP contribution in [0.25, 0.3) is 0 Å². The average Bonchev–Trinajstić information content (AvgIpc) is 3.25. The van der Waals surface area contributed by atoms with Crippen molar-refractivity contribution in [2.75, 3.05) is 26.6 Å². The van der Waals surface area contributed by atoms with E-state index in [1.165, 1.54) is 29.8 Å². The molecule has 2 N–H and O–H groups in total. The highest BCUT2D eigenvalue weighted by Gasteiger charge is 2.42. The Hall–Kier alpha value is -4.15.